The van der Waals surface area contributed by atoms with Crippen molar-refractivity contribution in [2.45, 2.75) is 12.5 Å². The van der Waals surface area contributed by atoms with Crippen LogP contribution in [0.2, 0.25) is 0 Å². The van der Waals surface area contributed by atoms with Crippen LogP contribution < -0.4 is 0 Å². The third kappa shape index (κ3) is 5.89. The Hall–Kier alpha value is -0.240. The summed E-state index contributed by atoms with van der Waals surface area (Å²) < 4.78 is 0. The van der Waals surface area contributed by atoms with Crippen molar-refractivity contribution < 1.29 is 25.5 Å². The van der Waals surface area contributed by atoms with Crippen LogP contribution in [0.1, 0.15) is 6.42 Å². The highest BCUT2D eigenvalue weighted by molar-refractivity contribution is 4.49. The molecular weight excluding hydrogens is 142 g/mol. The van der Waals surface area contributed by atoms with E-state index in [2.05, 4.69) is 4.84 Å². The van der Waals surface area contributed by atoms with Crippen molar-refractivity contribution in [2.24, 2.45) is 0 Å². The summed E-state index contributed by atoms with van der Waals surface area (Å²) in [5, 5.41) is 32.4. The van der Waals surface area contributed by atoms with Gasteiger partial charge in [-0.15, -0.1) is 0 Å². The van der Waals surface area contributed by atoms with E-state index in [0.717, 1.165) is 0 Å². The molecule has 0 aliphatic rings. The van der Waals surface area contributed by atoms with E-state index in [1.807, 2.05) is 0 Å². The second-order valence-electron chi connectivity index (χ2n) is 1.71. The van der Waals surface area contributed by atoms with E-state index >= 15 is 0 Å². The lowest BCUT2D eigenvalue weighted by Gasteiger charge is -2.08. The lowest BCUT2D eigenvalue weighted by molar-refractivity contribution is -0.492. The molecule has 0 aromatic carbocycles. The van der Waals surface area contributed by atoms with Crippen molar-refractivity contribution in [3.63, 3.8) is 0 Å². The van der Waals surface area contributed by atoms with Gasteiger partial charge in [0, 0.05) is 6.42 Å². The molecule has 1 unspecified atom stereocenters. The number of rotatable bonds is 5. The molecule has 0 aliphatic heterocycles. The minimum absolute atomic E-state index is 0.0608. The van der Waals surface area contributed by atoms with Gasteiger partial charge >= 0.3 is 0 Å². The Bertz CT molecular complexity index is 78.0. The predicted molar refractivity (Wildman–Crippen MR) is 29.1 cm³/mol. The standard InChI is InChI=1S/C4H11NO5/c6-3-4(7)1-2-10-5(8)9/h4,6-9H,1-3H2. The van der Waals surface area contributed by atoms with Gasteiger partial charge in [-0.1, -0.05) is 0 Å². The molecule has 0 heterocycles. The topological polar surface area (TPSA) is 93.4 Å². The average molecular weight is 153 g/mol. The Balaban J connectivity index is 3.03. The Labute approximate surface area is 57.7 Å². The van der Waals surface area contributed by atoms with E-state index in [9.17, 15) is 0 Å². The summed E-state index contributed by atoms with van der Waals surface area (Å²) in [4.78, 5) is 4.09. The Kier molecular flexibility index (Phi) is 5.40. The van der Waals surface area contributed by atoms with Gasteiger partial charge in [-0.2, -0.15) is 0 Å². The number of hydrogen-bond acceptors (Lipinski definition) is 6. The molecule has 0 saturated carbocycles. The molecular formula is C4H11NO5. The molecule has 0 aliphatic carbocycles. The fourth-order valence-electron chi connectivity index (χ4n) is 0.362. The minimum atomic E-state index is -0.875. The molecule has 0 aromatic heterocycles. The first kappa shape index (κ1) is 9.76. The van der Waals surface area contributed by atoms with Crippen LogP contribution in [0.3, 0.4) is 0 Å². The van der Waals surface area contributed by atoms with Gasteiger partial charge < -0.3 is 10.2 Å². The summed E-state index contributed by atoms with van der Waals surface area (Å²) >= 11 is 0. The number of aliphatic hydroxyl groups excluding tert-OH is 2. The summed E-state index contributed by atoms with van der Waals surface area (Å²) in [5.41, 5.74) is 0. The summed E-state index contributed by atoms with van der Waals surface area (Å²) in [6, 6.07) is 0. The van der Waals surface area contributed by atoms with Crippen molar-refractivity contribution in [1.29, 1.82) is 0 Å². The van der Waals surface area contributed by atoms with Crippen molar-refractivity contribution in [1.82, 2.24) is 5.39 Å². The van der Waals surface area contributed by atoms with Gasteiger partial charge in [-0.25, -0.2) is 0 Å². The highest BCUT2D eigenvalue weighted by Gasteiger charge is 2.02. The SMILES string of the molecule is OCC(O)CCON(O)O. The van der Waals surface area contributed by atoms with Gasteiger partial charge in [0.05, 0.1) is 24.7 Å². The second kappa shape index (κ2) is 5.54. The first-order valence-electron chi connectivity index (χ1n) is 2.76. The second-order valence-corrected chi connectivity index (χ2v) is 1.71. The highest BCUT2D eigenvalue weighted by Crippen LogP contribution is 1.90. The lowest BCUT2D eigenvalue weighted by atomic mass is 10.3. The number of nitrogens with zero attached hydrogens (tertiary/aromatic N) is 1. The average Bonchev–Trinajstić information content (AvgIpc) is 1.87. The molecule has 6 heteroatoms. The first-order valence-corrected chi connectivity index (χ1v) is 2.76. The molecule has 0 spiro atoms. The van der Waals surface area contributed by atoms with Crippen molar-refractivity contribution >= 4 is 0 Å². The van der Waals surface area contributed by atoms with Crippen molar-refractivity contribution in [2.75, 3.05) is 13.2 Å². The normalized spacial score (nSPS) is 14.1. The van der Waals surface area contributed by atoms with E-state index in [4.69, 9.17) is 20.6 Å². The Morgan fingerprint density at radius 2 is 2.00 bits per heavy atom. The van der Waals surface area contributed by atoms with E-state index < -0.39 is 11.5 Å². The molecule has 0 amide bonds. The molecule has 0 rings (SSSR count). The van der Waals surface area contributed by atoms with Gasteiger partial charge in [-0.05, 0) is 0 Å². The highest BCUT2D eigenvalue weighted by atomic mass is 17.1. The fourth-order valence-corrected chi connectivity index (χ4v) is 0.362. The molecule has 6 nitrogen and oxygen atoms in total. The predicted octanol–water partition coefficient (Wildman–Crippen LogP) is -1.26. The van der Waals surface area contributed by atoms with Gasteiger partial charge in [0.1, 0.15) is 0 Å². The van der Waals surface area contributed by atoms with Crippen molar-refractivity contribution in [3.8, 4) is 0 Å². The van der Waals surface area contributed by atoms with Crippen LogP contribution in [0, 0.1) is 0 Å². The smallest absolute Gasteiger partial charge is 0.0793 e. The van der Waals surface area contributed by atoms with Gasteiger partial charge in [0.2, 0.25) is 0 Å². The van der Waals surface area contributed by atoms with E-state index in [-0.39, 0.29) is 19.6 Å². The van der Waals surface area contributed by atoms with Crippen LogP contribution in [0.5, 0.6) is 0 Å². The van der Waals surface area contributed by atoms with Gasteiger partial charge in [0.25, 0.3) is 0 Å². The van der Waals surface area contributed by atoms with Gasteiger partial charge in [0.15, 0.2) is 0 Å². The zero-order valence-electron chi connectivity index (χ0n) is 5.34. The molecule has 0 saturated heterocycles. The summed E-state index contributed by atoms with van der Waals surface area (Å²) in [7, 11) is 0. The maximum Gasteiger partial charge on any atom is 0.0793 e. The van der Waals surface area contributed by atoms with E-state index in [1.54, 1.807) is 0 Å². The molecule has 4 N–H and O–H groups in total. The zero-order valence-corrected chi connectivity index (χ0v) is 5.34. The zero-order chi connectivity index (χ0) is 7.98. The largest absolute Gasteiger partial charge is 0.394 e. The molecule has 0 radical (unpaired) electrons. The maximum atomic E-state index is 8.66. The molecule has 0 bridgehead atoms. The third-order valence-corrected chi connectivity index (χ3v) is 0.869. The summed E-state index contributed by atoms with van der Waals surface area (Å²) in [6.07, 6.45) is -0.728. The van der Waals surface area contributed by atoms with Crippen LogP contribution in [-0.2, 0) is 4.84 Å². The third-order valence-electron chi connectivity index (χ3n) is 0.869. The van der Waals surface area contributed by atoms with Crippen LogP contribution >= 0.6 is 0 Å². The lowest BCUT2D eigenvalue weighted by Crippen LogP contribution is -2.20. The quantitative estimate of drug-likeness (QED) is 0.368. The Morgan fingerprint density at radius 1 is 1.40 bits per heavy atom. The molecule has 1 atom stereocenters. The van der Waals surface area contributed by atoms with E-state index in [1.165, 1.54) is 0 Å². The van der Waals surface area contributed by atoms with Gasteiger partial charge in [-0.3, -0.25) is 15.3 Å². The minimum Gasteiger partial charge on any atom is -0.394 e. The molecule has 0 fully saturated rings. The molecule has 0 aromatic rings. The van der Waals surface area contributed by atoms with Crippen LogP contribution in [0.4, 0.5) is 0 Å². The molecule has 62 valence electrons. The summed E-state index contributed by atoms with van der Waals surface area (Å²) in [5.74, 6) is 0. The van der Waals surface area contributed by atoms with Crippen LogP contribution in [0.25, 0.3) is 0 Å². The number of aliphatic hydroxyl groups is 2. The van der Waals surface area contributed by atoms with Crippen molar-refractivity contribution in [3.05, 3.63) is 0 Å². The number of hydrogen-bond donors (Lipinski definition) is 4. The fraction of sp³-hybridized carbons (Fsp3) is 1.00. The Morgan fingerprint density at radius 3 is 2.40 bits per heavy atom. The first-order chi connectivity index (χ1) is 4.66. The molecule has 10 heavy (non-hydrogen) atoms. The maximum absolute atomic E-state index is 8.66. The van der Waals surface area contributed by atoms with Crippen LogP contribution in [-0.4, -0.2) is 45.3 Å². The van der Waals surface area contributed by atoms with E-state index in [0.29, 0.717) is 0 Å². The monoisotopic (exact) mass is 153 g/mol. The van der Waals surface area contributed by atoms with Crippen LogP contribution in [0.15, 0.2) is 0 Å². The summed E-state index contributed by atoms with van der Waals surface area (Å²) in [6.45, 7) is -0.422.